The lowest BCUT2D eigenvalue weighted by Gasteiger charge is -2.05. The standard InChI is InChI=1S/C14H21N3S/c1-10(2)15-8-14-7-13(12(4)18-14)9-17-11(3)5-6-16-17/h5-7,10,15H,8-9H2,1-4H3. The molecule has 0 saturated heterocycles. The highest BCUT2D eigenvalue weighted by atomic mass is 32.1. The van der Waals surface area contributed by atoms with Crippen LogP contribution >= 0.6 is 11.3 Å². The van der Waals surface area contributed by atoms with E-state index >= 15 is 0 Å². The summed E-state index contributed by atoms with van der Waals surface area (Å²) in [6.45, 7) is 10.5. The van der Waals surface area contributed by atoms with Crippen LogP contribution in [0.3, 0.4) is 0 Å². The average molecular weight is 263 g/mol. The molecule has 0 amide bonds. The number of thiophene rings is 1. The van der Waals surface area contributed by atoms with Gasteiger partial charge in [-0.3, -0.25) is 4.68 Å². The normalized spacial score (nSPS) is 11.4. The number of nitrogens with zero attached hydrogens (tertiary/aromatic N) is 2. The van der Waals surface area contributed by atoms with Crippen LogP contribution in [0.2, 0.25) is 0 Å². The van der Waals surface area contributed by atoms with E-state index in [1.54, 1.807) is 0 Å². The van der Waals surface area contributed by atoms with Gasteiger partial charge in [-0.15, -0.1) is 11.3 Å². The monoisotopic (exact) mass is 263 g/mol. The highest BCUT2D eigenvalue weighted by molar-refractivity contribution is 7.12. The molecule has 2 aromatic heterocycles. The van der Waals surface area contributed by atoms with Crippen LogP contribution in [-0.4, -0.2) is 15.8 Å². The van der Waals surface area contributed by atoms with E-state index in [0.29, 0.717) is 6.04 Å². The van der Waals surface area contributed by atoms with Crippen molar-refractivity contribution in [1.82, 2.24) is 15.1 Å². The van der Waals surface area contributed by atoms with Gasteiger partial charge in [0.25, 0.3) is 0 Å². The molecule has 2 rings (SSSR count). The minimum absolute atomic E-state index is 0.532. The van der Waals surface area contributed by atoms with Crippen molar-refractivity contribution in [3.8, 4) is 0 Å². The van der Waals surface area contributed by atoms with Gasteiger partial charge in [0.1, 0.15) is 0 Å². The largest absolute Gasteiger partial charge is 0.310 e. The van der Waals surface area contributed by atoms with E-state index in [4.69, 9.17) is 0 Å². The third-order valence-electron chi connectivity index (χ3n) is 3.01. The van der Waals surface area contributed by atoms with Crippen LogP contribution in [0, 0.1) is 13.8 Å². The summed E-state index contributed by atoms with van der Waals surface area (Å²) in [5.74, 6) is 0. The zero-order valence-corrected chi connectivity index (χ0v) is 12.3. The Balaban J connectivity index is 2.07. The molecule has 0 atom stereocenters. The molecule has 3 nitrogen and oxygen atoms in total. The maximum Gasteiger partial charge on any atom is 0.0673 e. The van der Waals surface area contributed by atoms with Crippen LogP contribution in [0.15, 0.2) is 18.3 Å². The molecule has 0 spiro atoms. The van der Waals surface area contributed by atoms with E-state index in [-0.39, 0.29) is 0 Å². The van der Waals surface area contributed by atoms with Gasteiger partial charge in [0.05, 0.1) is 6.54 Å². The van der Waals surface area contributed by atoms with Gasteiger partial charge in [0, 0.05) is 34.2 Å². The lowest BCUT2D eigenvalue weighted by atomic mass is 10.2. The molecule has 0 aliphatic heterocycles. The molecule has 18 heavy (non-hydrogen) atoms. The summed E-state index contributed by atoms with van der Waals surface area (Å²) in [6.07, 6.45) is 1.86. The topological polar surface area (TPSA) is 29.9 Å². The van der Waals surface area contributed by atoms with Gasteiger partial charge in [0.15, 0.2) is 0 Å². The zero-order valence-electron chi connectivity index (χ0n) is 11.5. The molecule has 0 aromatic carbocycles. The minimum Gasteiger partial charge on any atom is -0.310 e. The molecule has 2 heterocycles. The Morgan fingerprint density at radius 2 is 2.17 bits per heavy atom. The Labute approximate surface area is 113 Å². The molecular formula is C14H21N3S. The van der Waals surface area contributed by atoms with E-state index in [1.165, 1.54) is 21.0 Å². The van der Waals surface area contributed by atoms with Crippen LogP contribution in [0.1, 0.15) is 34.9 Å². The molecule has 0 radical (unpaired) electrons. The average Bonchev–Trinajstić information content (AvgIpc) is 2.85. The predicted octanol–water partition coefficient (Wildman–Crippen LogP) is 3.11. The van der Waals surface area contributed by atoms with Crippen molar-refractivity contribution in [3.63, 3.8) is 0 Å². The highest BCUT2D eigenvalue weighted by Crippen LogP contribution is 2.22. The smallest absolute Gasteiger partial charge is 0.0673 e. The Morgan fingerprint density at radius 1 is 1.39 bits per heavy atom. The second-order valence-corrected chi connectivity index (χ2v) is 6.30. The van der Waals surface area contributed by atoms with Crippen molar-refractivity contribution in [3.05, 3.63) is 39.3 Å². The first-order valence-electron chi connectivity index (χ1n) is 6.36. The molecule has 1 N–H and O–H groups in total. The molecule has 0 saturated carbocycles. The Kier molecular flexibility index (Phi) is 4.19. The molecule has 98 valence electrons. The summed E-state index contributed by atoms with van der Waals surface area (Å²) in [4.78, 5) is 2.80. The van der Waals surface area contributed by atoms with Crippen molar-refractivity contribution >= 4 is 11.3 Å². The van der Waals surface area contributed by atoms with Crippen LogP contribution in [0.5, 0.6) is 0 Å². The van der Waals surface area contributed by atoms with Gasteiger partial charge < -0.3 is 5.32 Å². The molecule has 0 unspecified atom stereocenters. The summed E-state index contributed by atoms with van der Waals surface area (Å²) in [5, 5.41) is 7.80. The minimum atomic E-state index is 0.532. The summed E-state index contributed by atoms with van der Waals surface area (Å²) < 4.78 is 2.05. The summed E-state index contributed by atoms with van der Waals surface area (Å²) in [7, 11) is 0. The van der Waals surface area contributed by atoms with Gasteiger partial charge in [-0.25, -0.2) is 0 Å². The highest BCUT2D eigenvalue weighted by Gasteiger charge is 2.08. The van der Waals surface area contributed by atoms with E-state index in [2.05, 4.69) is 48.9 Å². The summed E-state index contributed by atoms with van der Waals surface area (Å²) >= 11 is 1.88. The number of hydrogen-bond acceptors (Lipinski definition) is 3. The maximum atomic E-state index is 4.34. The lowest BCUT2D eigenvalue weighted by Crippen LogP contribution is -2.21. The number of rotatable bonds is 5. The van der Waals surface area contributed by atoms with Crippen molar-refractivity contribution in [2.24, 2.45) is 0 Å². The Morgan fingerprint density at radius 3 is 2.78 bits per heavy atom. The molecule has 0 bridgehead atoms. The third-order valence-corrected chi connectivity index (χ3v) is 4.10. The van der Waals surface area contributed by atoms with Crippen LogP contribution in [-0.2, 0) is 13.1 Å². The second-order valence-electron chi connectivity index (χ2n) is 4.96. The molecular weight excluding hydrogens is 242 g/mol. The summed E-state index contributed by atoms with van der Waals surface area (Å²) in [5.41, 5.74) is 2.59. The predicted molar refractivity (Wildman–Crippen MR) is 77.1 cm³/mol. The number of hydrogen-bond donors (Lipinski definition) is 1. The van der Waals surface area contributed by atoms with E-state index in [1.807, 2.05) is 23.6 Å². The Bertz CT molecular complexity index is 511. The van der Waals surface area contributed by atoms with Crippen LogP contribution in [0.4, 0.5) is 0 Å². The van der Waals surface area contributed by atoms with Crippen molar-refractivity contribution in [2.75, 3.05) is 0 Å². The first-order valence-corrected chi connectivity index (χ1v) is 7.18. The van der Waals surface area contributed by atoms with Gasteiger partial charge in [-0.1, -0.05) is 13.8 Å². The van der Waals surface area contributed by atoms with E-state index in [0.717, 1.165) is 13.1 Å². The van der Waals surface area contributed by atoms with Crippen LogP contribution < -0.4 is 5.32 Å². The van der Waals surface area contributed by atoms with E-state index < -0.39 is 0 Å². The van der Waals surface area contributed by atoms with Gasteiger partial charge in [-0.05, 0) is 31.5 Å². The third kappa shape index (κ3) is 3.21. The van der Waals surface area contributed by atoms with Crippen molar-refractivity contribution in [1.29, 1.82) is 0 Å². The number of aromatic nitrogens is 2. The fraction of sp³-hybridized carbons (Fsp3) is 0.500. The molecule has 0 aliphatic carbocycles. The summed E-state index contributed by atoms with van der Waals surface area (Å²) in [6, 6.07) is 4.88. The Hall–Kier alpha value is -1.13. The van der Waals surface area contributed by atoms with Crippen molar-refractivity contribution < 1.29 is 0 Å². The van der Waals surface area contributed by atoms with Crippen LogP contribution in [0.25, 0.3) is 0 Å². The zero-order chi connectivity index (χ0) is 13.1. The first kappa shape index (κ1) is 13.3. The molecule has 4 heteroatoms. The van der Waals surface area contributed by atoms with Crippen molar-refractivity contribution in [2.45, 2.75) is 46.8 Å². The molecule has 0 fully saturated rings. The van der Waals surface area contributed by atoms with E-state index in [9.17, 15) is 0 Å². The van der Waals surface area contributed by atoms with Gasteiger partial charge >= 0.3 is 0 Å². The molecule has 0 aliphatic rings. The lowest BCUT2D eigenvalue weighted by molar-refractivity contribution is 0.592. The number of nitrogens with one attached hydrogen (secondary N) is 1. The fourth-order valence-electron chi connectivity index (χ4n) is 1.86. The van der Waals surface area contributed by atoms with Gasteiger partial charge in [-0.2, -0.15) is 5.10 Å². The van der Waals surface area contributed by atoms with Gasteiger partial charge in [0.2, 0.25) is 0 Å². The fourth-order valence-corrected chi connectivity index (χ4v) is 2.87. The quantitative estimate of drug-likeness (QED) is 0.898. The first-order chi connectivity index (χ1) is 8.56. The molecule has 2 aromatic rings. The second kappa shape index (κ2) is 5.67. The maximum absolute atomic E-state index is 4.34. The SMILES string of the molecule is Cc1sc(CNC(C)C)cc1Cn1nccc1C. The number of aryl methyl sites for hydroxylation is 2.